The van der Waals surface area contributed by atoms with Crippen molar-refractivity contribution in [1.29, 1.82) is 0 Å². The van der Waals surface area contributed by atoms with E-state index in [0.29, 0.717) is 0 Å². The van der Waals surface area contributed by atoms with Crippen LogP contribution in [-0.2, 0) is 0 Å². The van der Waals surface area contributed by atoms with Crippen molar-refractivity contribution in [2.75, 3.05) is 61.1 Å². The number of nitrogens with zero attached hydrogens (tertiary/aromatic N) is 5. The van der Waals surface area contributed by atoms with E-state index < -0.39 is 0 Å². The number of benzene rings is 1. The second-order valence-corrected chi connectivity index (χ2v) is 7.56. The van der Waals surface area contributed by atoms with E-state index in [4.69, 9.17) is 9.72 Å². The summed E-state index contributed by atoms with van der Waals surface area (Å²) in [6.45, 7) is 8.36. The maximum absolute atomic E-state index is 5.25. The van der Waals surface area contributed by atoms with Crippen LogP contribution in [0.5, 0.6) is 5.75 Å². The summed E-state index contributed by atoms with van der Waals surface area (Å²) in [7, 11) is 1.70. The SMILES string of the molecule is COc1ccc(N2CCN(c3nccc(N4CCC(C)CC4)n3)CC2)cc1. The van der Waals surface area contributed by atoms with E-state index in [2.05, 4.69) is 38.7 Å². The highest BCUT2D eigenvalue weighted by atomic mass is 16.5. The molecule has 2 aliphatic rings. The Bertz CT molecular complexity index is 734. The van der Waals surface area contributed by atoms with Crippen LogP contribution in [0.4, 0.5) is 17.5 Å². The number of hydrogen-bond acceptors (Lipinski definition) is 6. The highest BCUT2D eigenvalue weighted by Crippen LogP contribution is 2.24. The van der Waals surface area contributed by atoms with Gasteiger partial charge in [0.1, 0.15) is 11.6 Å². The van der Waals surface area contributed by atoms with Gasteiger partial charge in [-0.3, -0.25) is 0 Å². The minimum Gasteiger partial charge on any atom is -0.497 e. The summed E-state index contributed by atoms with van der Waals surface area (Å²) in [6, 6.07) is 10.3. The van der Waals surface area contributed by atoms with Gasteiger partial charge in [0.25, 0.3) is 0 Å². The molecule has 6 nitrogen and oxygen atoms in total. The molecule has 6 heteroatoms. The Kier molecular flexibility index (Phi) is 5.32. The zero-order valence-corrected chi connectivity index (χ0v) is 16.3. The van der Waals surface area contributed by atoms with Gasteiger partial charge in [-0.05, 0) is 49.1 Å². The molecule has 0 amide bonds. The van der Waals surface area contributed by atoms with Crippen LogP contribution >= 0.6 is 0 Å². The van der Waals surface area contributed by atoms with Crippen molar-refractivity contribution >= 4 is 17.5 Å². The topological polar surface area (TPSA) is 44.7 Å². The van der Waals surface area contributed by atoms with Crippen molar-refractivity contribution in [3.05, 3.63) is 36.5 Å². The molecule has 0 spiro atoms. The van der Waals surface area contributed by atoms with Crippen LogP contribution in [0.2, 0.25) is 0 Å². The van der Waals surface area contributed by atoms with Crippen LogP contribution in [0, 0.1) is 5.92 Å². The number of rotatable bonds is 4. The lowest BCUT2D eigenvalue weighted by atomic mass is 9.99. The number of hydrogen-bond donors (Lipinski definition) is 0. The molecule has 2 saturated heterocycles. The van der Waals surface area contributed by atoms with Crippen molar-refractivity contribution in [1.82, 2.24) is 9.97 Å². The molecule has 1 aromatic carbocycles. The third kappa shape index (κ3) is 4.10. The van der Waals surface area contributed by atoms with E-state index in [-0.39, 0.29) is 0 Å². The smallest absolute Gasteiger partial charge is 0.227 e. The first-order chi connectivity index (χ1) is 13.2. The molecule has 2 aliphatic heterocycles. The van der Waals surface area contributed by atoms with Gasteiger partial charge in [0, 0.05) is 51.2 Å². The molecular weight excluding hydrogens is 338 g/mol. The third-order valence-corrected chi connectivity index (χ3v) is 5.74. The first-order valence-corrected chi connectivity index (χ1v) is 9.95. The van der Waals surface area contributed by atoms with Gasteiger partial charge < -0.3 is 19.4 Å². The average Bonchev–Trinajstić information content (AvgIpc) is 2.75. The summed E-state index contributed by atoms with van der Waals surface area (Å²) in [5.41, 5.74) is 1.24. The molecular formula is C21H29N5O. The molecule has 3 heterocycles. The first-order valence-electron chi connectivity index (χ1n) is 9.95. The Labute approximate surface area is 161 Å². The quantitative estimate of drug-likeness (QED) is 0.828. The Morgan fingerprint density at radius 2 is 1.52 bits per heavy atom. The summed E-state index contributed by atoms with van der Waals surface area (Å²) in [6.07, 6.45) is 4.41. The number of piperazine rings is 1. The number of ether oxygens (including phenoxy) is 1. The van der Waals surface area contributed by atoms with Crippen molar-refractivity contribution in [3.63, 3.8) is 0 Å². The number of anilines is 3. The van der Waals surface area contributed by atoms with E-state index in [1.165, 1.54) is 18.5 Å². The lowest BCUT2D eigenvalue weighted by molar-refractivity contribution is 0.415. The summed E-state index contributed by atoms with van der Waals surface area (Å²) < 4.78 is 5.25. The maximum atomic E-state index is 5.25. The molecule has 0 aliphatic carbocycles. The molecule has 0 atom stereocenters. The van der Waals surface area contributed by atoms with Crippen molar-refractivity contribution in [2.45, 2.75) is 19.8 Å². The van der Waals surface area contributed by atoms with E-state index in [1.807, 2.05) is 24.4 Å². The second-order valence-electron chi connectivity index (χ2n) is 7.56. The van der Waals surface area contributed by atoms with Crippen molar-refractivity contribution in [3.8, 4) is 5.75 Å². The van der Waals surface area contributed by atoms with Gasteiger partial charge in [0.15, 0.2) is 0 Å². The van der Waals surface area contributed by atoms with Crippen LogP contribution in [0.1, 0.15) is 19.8 Å². The second kappa shape index (κ2) is 8.03. The predicted octanol–water partition coefficient (Wildman–Crippen LogP) is 3.05. The minimum absolute atomic E-state index is 0.827. The van der Waals surface area contributed by atoms with Gasteiger partial charge in [-0.15, -0.1) is 0 Å². The van der Waals surface area contributed by atoms with E-state index >= 15 is 0 Å². The van der Waals surface area contributed by atoms with Gasteiger partial charge in [-0.1, -0.05) is 6.92 Å². The number of piperidine rings is 1. The van der Waals surface area contributed by atoms with E-state index in [1.54, 1.807) is 7.11 Å². The molecule has 2 fully saturated rings. The Morgan fingerprint density at radius 3 is 2.19 bits per heavy atom. The largest absolute Gasteiger partial charge is 0.497 e. The van der Waals surface area contributed by atoms with Crippen LogP contribution < -0.4 is 19.4 Å². The molecule has 27 heavy (non-hydrogen) atoms. The lowest BCUT2D eigenvalue weighted by Gasteiger charge is -2.36. The monoisotopic (exact) mass is 367 g/mol. The fourth-order valence-electron chi connectivity index (χ4n) is 3.86. The summed E-state index contributed by atoms with van der Waals surface area (Å²) in [5.74, 6) is 3.66. The summed E-state index contributed by atoms with van der Waals surface area (Å²) in [4.78, 5) is 16.5. The average molecular weight is 367 g/mol. The highest BCUT2D eigenvalue weighted by Gasteiger charge is 2.21. The van der Waals surface area contributed by atoms with Gasteiger partial charge >= 0.3 is 0 Å². The highest BCUT2D eigenvalue weighted by molar-refractivity contribution is 5.51. The zero-order chi connectivity index (χ0) is 18.6. The standard InChI is InChI=1S/C21H29N5O/c1-17-8-11-25(12-9-17)20-7-10-22-21(23-20)26-15-13-24(14-16-26)18-3-5-19(27-2)6-4-18/h3-7,10,17H,8-9,11-16H2,1-2H3. The molecule has 0 unspecified atom stereocenters. The molecule has 4 rings (SSSR count). The lowest BCUT2D eigenvalue weighted by Crippen LogP contribution is -2.47. The van der Waals surface area contributed by atoms with Crippen molar-refractivity contribution in [2.24, 2.45) is 5.92 Å². The maximum Gasteiger partial charge on any atom is 0.227 e. The minimum atomic E-state index is 0.827. The molecule has 144 valence electrons. The van der Waals surface area contributed by atoms with Crippen LogP contribution in [0.15, 0.2) is 36.5 Å². The summed E-state index contributed by atoms with van der Waals surface area (Å²) in [5, 5.41) is 0. The molecule has 1 aromatic heterocycles. The van der Waals surface area contributed by atoms with E-state index in [0.717, 1.165) is 62.7 Å². The Morgan fingerprint density at radius 1 is 0.852 bits per heavy atom. The Balaban J connectivity index is 1.38. The number of methoxy groups -OCH3 is 1. The third-order valence-electron chi connectivity index (χ3n) is 5.74. The first kappa shape index (κ1) is 17.9. The molecule has 0 radical (unpaired) electrons. The molecule has 2 aromatic rings. The van der Waals surface area contributed by atoms with E-state index in [9.17, 15) is 0 Å². The molecule has 0 N–H and O–H groups in total. The summed E-state index contributed by atoms with van der Waals surface area (Å²) >= 11 is 0. The fraction of sp³-hybridized carbons (Fsp3) is 0.524. The number of aromatic nitrogens is 2. The van der Waals surface area contributed by atoms with Crippen LogP contribution in [-0.4, -0.2) is 56.3 Å². The normalized spacial score (nSPS) is 18.7. The predicted molar refractivity (Wildman–Crippen MR) is 110 cm³/mol. The van der Waals surface area contributed by atoms with Crippen LogP contribution in [0.3, 0.4) is 0 Å². The zero-order valence-electron chi connectivity index (χ0n) is 16.3. The van der Waals surface area contributed by atoms with Gasteiger partial charge in [0.05, 0.1) is 7.11 Å². The molecule has 0 saturated carbocycles. The fourth-order valence-corrected chi connectivity index (χ4v) is 3.86. The Hall–Kier alpha value is -2.50. The van der Waals surface area contributed by atoms with Gasteiger partial charge in [0.2, 0.25) is 5.95 Å². The van der Waals surface area contributed by atoms with Crippen LogP contribution in [0.25, 0.3) is 0 Å². The molecule has 0 bridgehead atoms. The van der Waals surface area contributed by atoms with Crippen molar-refractivity contribution < 1.29 is 4.74 Å². The van der Waals surface area contributed by atoms with Gasteiger partial charge in [-0.25, -0.2) is 4.98 Å². The van der Waals surface area contributed by atoms with Gasteiger partial charge in [-0.2, -0.15) is 4.98 Å².